The number of benzene rings is 2. The summed E-state index contributed by atoms with van der Waals surface area (Å²) in [6, 6.07) is 16.3. The first-order chi connectivity index (χ1) is 12.3. The highest BCUT2D eigenvalue weighted by molar-refractivity contribution is 5.45. The number of aliphatic hydroxyl groups excluding tert-OH is 1. The molecule has 2 atom stereocenters. The molecular formula is C20H23NO4. The van der Waals surface area contributed by atoms with Gasteiger partial charge in [0.05, 0.1) is 12.2 Å². The van der Waals surface area contributed by atoms with Crippen molar-refractivity contribution in [2.24, 2.45) is 0 Å². The summed E-state index contributed by atoms with van der Waals surface area (Å²) in [7, 11) is 0. The standard InChI is InChI=1S/C20H23NO4/c22-10-4-9-21-12-19(15-5-2-1-3-6-15)25-20(13-21)16-7-8-17-18(11-16)24-14-23-17/h1-3,5-8,11,19-20,22H,4,9-10,12-14H2/t19-,20+/m0/s1. The van der Waals surface area contributed by atoms with E-state index in [-0.39, 0.29) is 25.6 Å². The average Bonchev–Trinajstić information content (AvgIpc) is 3.14. The number of rotatable bonds is 5. The zero-order valence-corrected chi connectivity index (χ0v) is 14.1. The Morgan fingerprint density at radius 2 is 1.68 bits per heavy atom. The molecule has 0 aliphatic carbocycles. The van der Waals surface area contributed by atoms with Crippen LogP contribution in [0.1, 0.15) is 29.8 Å². The smallest absolute Gasteiger partial charge is 0.231 e. The summed E-state index contributed by atoms with van der Waals surface area (Å²) >= 11 is 0. The van der Waals surface area contributed by atoms with E-state index in [1.807, 2.05) is 30.3 Å². The Morgan fingerprint density at radius 1 is 0.920 bits per heavy atom. The Kier molecular flexibility index (Phi) is 4.88. The van der Waals surface area contributed by atoms with Crippen molar-refractivity contribution in [3.8, 4) is 11.5 Å². The Hall–Kier alpha value is -2.08. The Bertz CT molecular complexity index is 706. The van der Waals surface area contributed by atoms with Crippen LogP contribution < -0.4 is 9.47 Å². The number of morpholine rings is 1. The minimum atomic E-state index is -0.0350. The van der Waals surface area contributed by atoms with Gasteiger partial charge in [-0.25, -0.2) is 0 Å². The van der Waals surface area contributed by atoms with Crippen molar-refractivity contribution in [3.05, 3.63) is 59.7 Å². The molecule has 0 amide bonds. The monoisotopic (exact) mass is 341 g/mol. The van der Waals surface area contributed by atoms with Gasteiger partial charge in [-0.2, -0.15) is 0 Å². The highest BCUT2D eigenvalue weighted by Gasteiger charge is 2.30. The van der Waals surface area contributed by atoms with Crippen LogP contribution in [0.3, 0.4) is 0 Å². The van der Waals surface area contributed by atoms with Gasteiger partial charge in [0.15, 0.2) is 11.5 Å². The molecule has 2 aromatic rings. The van der Waals surface area contributed by atoms with E-state index in [0.717, 1.165) is 43.1 Å². The van der Waals surface area contributed by atoms with Crippen LogP contribution in [0.25, 0.3) is 0 Å². The van der Waals surface area contributed by atoms with Crippen molar-refractivity contribution in [2.75, 3.05) is 33.0 Å². The number of hydrogen-bond acceptors (Lipinski definition) is 5. The second-order valence-electron chi connectivity index (χ2n) is 6.47. The molecule has 2 aromatic carbocycles. The third kappa shape index (κ3) is 3.63. The fourth-order valence-corrected chi connectivity index (χ4v) is 3.45. The fourth-order valence-electron chi connectivity index (χ4n) is 3.45. The summed E-state index contributed by atoms with van der Waals surface area (Å²) in [4.78, 5) is 2.37. The van der Waals surface area contributed by atoms with Gasteiger partial charge >= 0.3 is 0 Å². The van der Waals surface area contributed by atoms with E-state index >= 15 is 0 Å². The van der Waals surface area contributed by atoms with Gasteiger partial charge in [0.2, 0.25) is 6.79 Å². The first kappa shape index (κ1) is 16.4. The van der Waals surface area contributed by atoms with Gasteiger partial charge in [0.1, 0.15) is 0 Å². The first-order valence-electron chi connectivity index (χ1n) is 8.76. The van der Waals surface area contributed by atoms with Gasteiger partial charge in [0, 0.05) is 26.2 Å². The predicted octanol–water partition coefficient (Wildman–Crippen LogP) is 2.91. The molecule has 0 aromatic heterocycles. The van der Waals surface area contributed by atoms with E-state index in [0.29, 0.717) is 0 Å². The number of nitrogens with zero attached hydrogens (tertiary/aromatic N) is 1. The number of ether oxygens (including phenoxy) is 3. The SMILES string of the molecule is OCCCN1C[C@@H](c2ccccc2)O[C@@H](c2ccc3c(c2)OCO3)C1. The van der Waals surface area contributed by atoms with Gasteiger partial charge in [-0.1, -0.05) is 36.4 Å². The molecule has 1 N–H and O–H groups in total. The second kappa shape index (κ2) is 7.44. The Morgan fingerprint density at radius 3 is 2.48 bits per heavy atom. The highest BCUT2D eigenvalue weighted by Crippen LogP contribution is 2.38. The number of fused-ring (bicyclic) bond motifs is 1. The zero-order chi connectivity index (χ0) is 17.1. The maximum Gasteiger partial charge on any atom is 0.231 e. The lowest BCUT2D eigenvalue weighted by molar-refractivity contribution is -0.0905. The maximum absolute atomic E-state index is 9.18. The van der Waals surface area contributed by atoms with Crippen LogP contribution in [-0.4, -0.2) is 43.0 Å². The van der Waals surface area contributed by atoms with E-state index in [1.165, 1.54) is 5.56 Å². The van der Waals surface area contributed by atoms with Crippen molar-refractivity contribution < 1.29 is 19.3 Å². The van der Waals surface area contributed by atoms with Crippen molar-refractivity contribution in [1.82, 2.24) is 4.90 Å². The molecule has 0 saturated carbocycles. The Labute approximate surface area is 147 Å². The predicted molar refractivity (Wildman–Crippen MR) is 93.7 cm³/mol. The molecule has 5 nitrogen and oxygen atoms in total. The molecule has 5 heteroatoms. The summed E-state index contributed by atoms with van der Waals surface area (Å²) in [5, 5.41) is 9.18. The summed E-state index contributed by atoms with van der Waals surface area (Å²) < 4.78 is 17.3. The molecule has 1 saturated heterocycles. The molecule has 25 heavy (non-hydrogen) atoms. The fraction of sp³-hybridized carbons (Fsp3) is 0.400. The molecule has 0 radical (unpaired) electrons. The quantitative estimate of drug-likeness (QED) is 0.906. The van der Waals surface area contributed by atoms with Crippen LogP contribution in [0.4, 0.5) is 0 Å². The van der Waals surface area contributed by atoms with E-state index in [2.05, 4.69) is 23.1 Å². The second-order valence-corrected chi connectivity index (χ2v) is 6.47. The molecule has 1 fully saturated rings. The van der Waals surface area contributed by atoms with Gasteiger partial charge in [-0.15, -0.1) is 0 Å². The van der Waals surface area contributed by atoms with Crippen molar-refractivity contribution >= 4 is 0 Å². The summed E-state index contributed by atoms with van der Waals surface area (Å²) in [6.07, 6.45) is 0.756. The zero-order valence-electron chi connectivity index (χ0n) is 14.1. The molecule has 2 heterocycles. The largest absolute Gasteiger partial charge is 0.454 e. The lowest BCUT2D eigenvalue weighted by Crippen LogP contribution is -2.40. The van der Waals surface area contributed by atoms with Crippen LogP contribution in [0.5, 0.6) is 11.5 Å². The van der Waals surface area contributed by atoms with Gasteiger partial charge in [-0.05, 0) is 29.7 Å². The van der Waals surface area contributed by atoms with E-state index in [4.69, 9.17) is 14.2 Å². The van der Waals surface area contributed by atoms with Gasteiger partial charge in [0.25, 0.3) is 0 Å². The highest BCUT2D eigenvalue weighted by atomic mass is 16.7. The lowest BCUT2D eigenvalue weighted by Gasteiger charge is -2.38. The van der Waals surface area contributed by atoms with Crippen molar-refractivity contribution in [1.29, 1.82) is 0 Å². The molecule has 0 bridgehead atoms. The Balaban J connectivity index is 1.57. The number of aliphatic hydroxyl groups is 1. The molecule has 4 rings (SSSR count). The van der Waals surface area contributed by atoms with Crippen LogP contribution in [-0.2, 0) is 4.74 Å². The summed E-state index contributed by atoms with van der Waals surface area (Å²) in [6.45, 7) is 3.00. The molecule has 2 aliphatic rings. The third-order valence-corrected chi connectivity index (χ3v) is 4.75. The van der Waals surface area contributed by atoms with Crippen LogP contribution in [0.2, 0.25) is 0 Å². The summed E-state index contributed by atoms with van der Waals surface area (Å²) in [5.41, 5.74) is 2.28. The van der Waals surface area contributed by atoms with Crippen molar-refractivity contribution in [2.45, 2.75) is 18.6 Å². The molecular weight excluding hydrogens is 318 g/mol. The molecule has 0 spiro atoms. The van der Waals surface area contributed by atoms with E-state index in [1.54, 1.807) is 0 Å². The molecule has 132 valence electrons. The molecule has 2 aliphatic heterocycles. The van der Waals surface area contributed by atoms with Crippen molar-refractivity contribution in [3.63, 3.8) is 0 Å². The topological polar surface area (TPSA) is 51.2 Å². The first-order valence-corrected chi connectivity index (χ1v) is 8.76. The van der Waals surface area contributed by atoms with Crippen LogP contribution >= 0.6 is 0 Å². The van der Waals surface area contributed by atoms with E-state index < -0.39 is 0 Å². The van der Waals surface area contributed by atoms with Crippen LogP contribution in [0, 0.1) is 0 Å². The maximum atomic E-state index is 9.18. The minimum Gasteiger partial charge on any atom is -0.454 e. The molecule has 0 unspecified atom stereocenters. The summed E-state index contributed by atoms with van der Waals surface area (Å²) in [5.74, 6) is 1.57. The van der Waals surface area contributed by atoms with Gasteiger partial charge < -0.3 is 19.3 Å². The average molecular weight is 341 g/mol. The third-order valence-electron chi connectivity index (χ3n) is 4.75. The van der Waals surface area contributed by atoms with E-state index in [9.17, 15) is 5.11 Å². The van der Waals surface area contributed by atoms with Crippen LogP contribution in [0.15, 0.2) is 48.5 Å². The normalized spacial score (nSPS) is 22.9. The van der Waals surface area contributed by atoms with Gasteiger partial charge in [-0.3, -0.25) is 4.90 Å². The lowest BCUT2D eigenvalue weighted by atomic mass is 10.0. The number of hydrogen-bond donors (Lipinski definition) is 1. The minimum absolute atomic E-state index is 0.0177.